The second-order valence-corrected chi connectivity index (χ2v) is 6.38. The van der Waals surface area contributed by atoms with Crippen LogP contribution in [0.3, 0.4) is 0 Å². The van der Waals surface area contributed by atoms with Gasteiger partial charge in [-0.15, -0.1) is 11.3 Å². The Morgan fingerprint density at radius 3 is 2.39 bits per heavy atom. The van der Waals surface area contributed by atoms with E-state index < -0.39 is 0 Å². The fourth-order valence-corrected chi connectivity index (χ4v) is 3.99. The van der Waals surface area contributed by atoms with Crippen LogP contribution in [-0.4, -0.2) is 4.92 Å². The number of hydrogen-bond acceptors (Lipinski definition) is 4. The summed E-state index contributed by atoms with van der Waals surface area (Å²) < 4.78 is 0.745. The minimum absolute atomic E-state index is 0.198. The highest BCUT2D eigenvalue weighted by atomic mass is 32.2. The maximum Gasteiger partial charge on any atom is 0.294 e. The van der Waals surface area contributed by atoms with Crippen LogP contribution in [-0.2, 0) is 0 Å². The van der Waals surface area contributed by atoms with Crippen molar-refractivity contribution in [2.75, 3.05) is 0 Å². The zero-order valence-electron chi connectivity index (χ0n) is 10.4. The molecule has 18 heavy (non-hydrogen) atoms. The molecule has 0 saturated heterocycles. The first-order chi connectivity index (χ1) is 8.49. The van der Waals surface area contributed by atoms with Crippen LogP contribution >= 0.6 is 23.1 Å². The first kappa shape index (κ1) is 13.1. The molecule has 1 aromatic carbocycles. The van der Waals surface area contributed by atoms with E-state index in [-0.39, 0.29) is 10.6 Å². The van der Waals surface area contributed by atoms with Gasteiger partial charge in [-0.2, -0.15) is 0 Å². The highest BCUT2D eigenvalue weighted by Gasteiger charge is 2.17. The molecule has 1 heterocycles. The average Bonchev–Trinajstić information content (AvgIpc) is 2.71. The third kappa shape index (κ3) is 2.57. The molecule has 1 aromatic heterocycles. The molecule has 0 amide bonds. The third-order valence-corrected chi connectivity index (χ3v) is 5.08. The van der Waals surface area contributed by atoms with Gasteiger partial charge in [0.2, 0.25) is 0 Å². The SMILES string of the molecule is Cc1cc(C)c(Sc2sccc2[N+](=O)[O-])c(C)c1. The Morgan fingerprint density at radius 2 is 1.83 bits per heavy atom. The van der Waals surface area contributed by atoms with Gasteiger partial charge in [-0.3, -0.25) is 10.1 Å². The minimum Gasteiger partial charge on any atom is -0.258 e. The second-order valence-electron chi connectivity index (χ2n) is 4.18. The van der Waals surface area contributed by atoms with Gasteiger partial charge in [0.25, 0.3) is 5.69 Å². The lowest BCUT2D eigenvalue weighted by Crippen LogP contribution is -1.89. The third-order valence-electron chi connectivity index (χ3n) is 2.61. The van der Waals surface area contributed by atoms with Gasteiger partial charge in [-0.25, -0.2) is 0 Å². The van der Waals surface area contributed by atoms with E-state index in [0.717, 1.165) is 9.10 Å². The van der Waals surface area contributed by atoms with Crippen molar-refractivity contribution in [2.24, 2.45) is 0 Å². The summed E-state index contributed by atoms with van der Waals surface area (Å²) in [7, 11) is 0. The molecule has 2 aromatic rings. The van der Waals surface area contributed by atoms with E-state index in [1.807, 2.05) is 13.8 Å². The Bertz CT molecular complexity index is 582. The van der Waals surface area contributed by atoms with Crippen molar-refractivity contribution < 1.29 is 4.92 Å². The number of thiophene rings is 1. The summed E-state index contributed by atoms with van der Waals surface area (Å²) in [5.74, 6) is 0. The van der Waals surface area contributed by atoms with Crippen LogP contribution in [0.2, 0.25) is 0 Å². The quantitative estimate of drug-likeness (QED) is 0.602. The summed E-state index contributed by atoms with van der Waals surface area (Å²) >= 11 is 2.90. The van der Waals surface area contributed by atoms with Crippen molar-refractivity contribution in [3.05, 3.63) is 50.4 Å². The lowest BCUT2D eigenvalue weighted by Gasteiger charge is -2.09. The van der Waals surface area contributed by atoms with Gasteiger partial charge >= 0.3 is 0 Å². The molecule has 0 spiro atoms. The molecule has 0 radical (unpaired) electrons. The molecule has 0 saturated carbocycles. The van der Waals surface area contributed by atoms with E-state index in [0.29, 0.717) is 0 Å². The van der Waals surface area contributed by atoms with Crippen molar-refractivity contribution >= 4 is 28.8 Å². The maximum absolute atomic E-state index is 10.9. The Labute approximate surface area is 114 Å². The smallest absolute Gasteiger partial charge is 0.258 e. The van der Waals surface area contributed by atoms with Crippen molar-refractivity contribution in [3.63, 3.8) is 0 Å². The molecule has 0 bridgehead atoms. The zero-order chi connectivity index (χ0) is 13.3. The number of rotatable bonds is 3. The molecule has 0 aliphatic carbocycles. The van der Waals surface area contributed by atoms with Gasteiger partial charge in [0.1, 0.15) is 4.21 Å². The topological polar surface area (TPSA) is 43.1 Å². The summed E-state index contributed by atoms with van der Waals surface area (Å²) in [6.07, 6.45) is 0. The lowest BCUT2D eigenvalue weighted by atomic mass is 10.1. The highest BCUT2D eigenvalue weighted by molar-refractivity contribution is 8.01. The van der Waals surface area contributed by atoms with E-state index in [1.165, 1.54) is 39.8 Å². The maximum atomic E-state index is 10.9. The van der Waals surface area contributed by atoms with Gasteiger partial charge in [0, 0.05) is 11.0 Å². The highest BCUT2D eigenvalue weighted by Crippen LogP contribution is 2.41. The average molecular weight is 279 g/mol. The predicted octanol–water partition coefficient (Wildman–Crippen LogP) is 4.73. The van der Waals surface area contributed by atoms with Gasteiger partial charge in [-0.05, 0) is 37.3 Å². The Kier molecular flexibility index (Phi) is 3.73. The largest absolute Gasteiger partial charge is 0.294 e. The second kappa shape index (κ2) is 5.12. The summed E-state index contributed by atoms with van der Waals surface area (Å²) in [6, 6.07) is 5.77. The molecule has 0 unspecified atom stereocenters. The number of nitrogens with zero attached hydrogens (tertiary/aromatic N) is 1. The normalized spacial score (nSPS) is 10.6. The molecule has 2 rings (SSSR count). The molecule has 0 atom stereocenters. The summed E-state index contributed by atoms with van der Waals surface area (Å²) in [5, 5.41) is 12.7. The Balaban J connectivity index is 2.40. The molecule has 0 aliphatic rings. The fraction of sp³-hybridized carbons (Fsp3) is 0.231. The first-order valence-electron chi connectivity index (χ1n) is 5.46. The molecule has 3 nitrogen and oxygen atoms in total. The molecule has 94 valence electrons. The summed E-state index contributed by atoms with van der Waals surface area (Å²) in [5.41, 5.74) is 3.75. The van der Waals surface area contributed by atoms with Crippen molar-refractivity contribution in [1.29, 1.82) is 0 Å². The molecule has 0 aliphatic heterocycles. The number of hydrogen-bond donors (Lipinski definition) is 0. The zero-order valence-corrected chi connectivity index (χ0v) is 12.0. The fourth-order valence-electron chi connectivity index (χ4n) is 1.92. The molecule has 5 heteroatoms. The minimum atomic E-state index is -0.322. The Hall–Kier alpha value is -1.33. The monoisotopic (exact) mass is 279 g/mol. The van der Waals surface area contributed by atoms with E-state index in [9.17, 15) is 10.1 Å². The lowest BCUT2D eigenvalue weighted by molar-refractivity contribution is -0.387. The number of aryl methyl sites for hydroxylation is 3. The van der Waals surface area contributed by atoms with E-state index in [1.54, 1.807) is 11.4 Å². The van der Waals surface area contributed by atoms with E-state index in [2.05, 4.69) is 19.1 Å². The van der Waals surface area contributed by atoms with Gasteiger partial charge in [-0.1, -0.05) is 29.5 Å². The van der Waals surface area contributed by atoms with Crippen molar-refractivity contribution in [3.8, 4) is 0 Å². The van der Waals surface area contributed by atoms with E-state index in [4.69, 9.17) is 0 Å². The van der Waals surface area contributed by atoms with Crippen LogP contribution in [0.15, 0.2) is 32.7 Å². The first-order valence-corrected chi connectivity index (χ1v) is 7.16. The van der Waals surface area contributed by atoms with Crippen LogP contribution in [0.1, 0.15) is 16.7 Å². The molecule has 0 fully saturated rings. The summed E-state index contributed by atoms with van der Waals surface area (Å²) in [6.45, 7) is 6.14. The van der Waals surface area contributed by atoms with Crippen LogP contribution in [0.5, 0.6) is 0 Å². The van der Waals surface area contributed by atoms with Gasteiger partial charge in [0.05, 0.1) is 4.92 Å². The van der Waals surface area contributed by atoms with Crippen LogP contribution in [0.25, 0.3) is 0 Å². The number of benzene rings is 1. The molecular weight excluding hydrogens is 266 g/mol. The van der Waals surface area contributed by atoms with Gasteiger partial charge < -0.3 is 0 Å². The predicted molar refractivity (Wildman–Crippen MR) is 75.7 cm³/mol. The van der Waals surface area contributed by atoms with Crippen LogP contribution in [0.4, 0.5) is 5.69 Å². The van der Waals surface area contributed by atoms with Crippen molar-refractivity contribution in [2.45, 2.75) is 29.9 Å². The number of nitro groups is 1. The van der Waals surface area contributed by atoms with Gasteiger partial charge in [0.15, 0.2) is 0 Å². The molecular formula is C13H13NO2S2. The van der Waals surface area contributed by atoms with E-state index >= 15 is 0 Å². The standard InChI is InChI=1S/C13H13NO2S2/c1-8-6-9(2)12(10(3)7-8)18-13-11(14(15)16)4-5-17-13/h4-7H,1-3H3. The van der Waals surface area contributed by atoms with Crippen LogP contribution in [0, 0.1) is 30.9 Å². The molecule has 0 N–H and O–H groups in total. The van der Waals surface area contributed by atoms with Crippen molar-refractivity contribution in [1.82, 2.24) is 0 Å². The Morgan fingerprint density at radius 1 is 1.22 bits per heavy atom. The summed E-state index contributed by atoms with van der Waals surface area (Å²) in [4.78, 5) is 11.7. The van der Waals surface area contributed by atoms with Crippen LogP contribution < -0.4 is 0 Å².